The van der Waals surface area contributed by atoms with Crippen LogP contribution in [0, 0.1) is 0 Å². The third-order valence-electron chi connectivity index (χ3n) is 3.05. The summed E-state index contributed by atoms with van der Waals surface area (Å²) in [5.41, 5.74) is 2.04. The van der Waals surface area contributed by atoms with Crippen molar-refractivity contribution < 1.29 is 8.42 Å². The van der Waals surface area contributed by atoms with E-state index in [9.17, 15) is 8.42 Å². The fourth-order valence-corrected chi connectivity index (χ4v) is 3.16. The molecule has 0 unspecified atom stereocenters. The molecule has 0 bridgehead atoms. The number of aromatic nitrogens is 2. The quantitative estimate of drug-likeness (QED) is 0.884. The number of fused-ring (bicyclic) bond motifs is 1. The molecule has 0 saturated heterocycles. The van der Waals surface area contributed by atoms with Crippen LogP contribution in [0.5, 0.6) is 0 Å². The molecule has 2 N–H and O–H groups in total. The summed E-state index contributed by atoms with van der Waals surface area (Å²) in [7, 11) is -1.84. The van der Waals surface area contributed by atoms with E-state index in [0.717, 1.165) is 24.2 Å². The van der Waals surface area contributed by atoms with Crippen LogP contribution >= 0.6 is 0 Å². The van der Waals surface area contributed by atoms with Crippen LogP contribution in [0.2, 0.25) is 0 Å². The highest BCUT2D eigenvalue weighted by atomic mass is 32.2. The molecule has 1 aromatic heterocycles. The predicted molar refractivity (Wildman–Crippen MR) is 72.7 cm³/mol. The van der Waals surface area contributed by atoms with Gasteiger partial charge >= 0.3 is 0 Å². The highest BCUT2D eigenvalue weighted by Gasteiger charge is 2.19. The van der Waals surface area contributed by atoms with Crippen molar-refractivity contribution in [3.63, 3.8) is 0 Å². The Morgan fingerprint density at radius 1 is 1.37 bits per heavy atom. The van der Waals surface area contributed by atoms with Crippen molar-refractivity contribution in [2.75, 3.05) is 16.6 Å². The van der Waals surface area contributed by atoms with Crippen molar-refractivity contribution in [1.82, 2.24) is 9.78 Å². The van der Waals surface area contributed by atoms with Gasteiger partial charge in [-0.25, -0.2) is 8.42 Å². The van der Waals surface area contributed by atoms with E-state index in [2.05, 4.69) is 15.1 Å². The number of nitrogens with one attached hydrogen (secondary N) is 2. The SMILES string of the molecule is Cn1ccc(NS(=O)(=O)c2ccc3c(c2)CCN3)n1. The first-order valence-corrected chi connectivity index (χ1v) is 7.42. The summed E-state index contributed by atoms with van der Waals surface area (Å²) in [5.74, 6) is 0.320. The third-order valence-corrected chi connectivity index (χ3v) is 4.40. The molecule has 19 heavy (non-hydrogen) atoms. The number of benzene rings is 1. The van der Waals surface area contributed by atoms with E-state index in [1.807, 2.05) is 0 Å². The number of aryl methyl sites for hydroxylation is 1. The molecular weight excluding hydrogens is 264 g/mol. The number of nitrogens with zero attached hydrogens (tertiary/aromatic N) is 2. The molecule has 0 amide bonds. The molecule has 100 valence electrons. The molecule has 3 rings (SSSR count). The Labute approximate surface area is 111 Å². The van der Waals surface area contributed by atoms with E-state index in [4.69, 9.17) is 0 Å². The fourth-order valence-electron chi connectivity index (χ4n) is 2.11. The van der Waals surface area contributed by atoms with Crippen molar-refractivity contribution in [1.29, 1.82) is 0 Å². The Balaban J connectivity index is 1.92. The van der Waals surface area contributed by atoms with Gasteiger partial charge in [0.25, 0.3) is 10.0 Å². The van der Waals surface area contributed by atoms with Crippen LogP contribution in [-0.4, -0.2) is 24.7 Å². The fraction of sp³-hybridized carbons (Fsp3) is 0.250. The van der Waals surface area contributed by atoms with Gasteiger partial charge in [-0.3, -0.25) is 9.40 Å². The second kappa shape index (κ2) is 4.27. The summed E-state index contributed by atoms with van der Waals surface area (Å²) in [6, 6.07) is 6.73. The summed E-state index contributed by atoms with van der Waals surface area (Å²) in [6.07, 6.45) is 2.53. The smallest absolute Gasteiger partial charge is 0.263 e. The van der Waals surface area contributed by atoms with Crippen LogP contribution in [-0.2, 0) is 23.5 Å². The zero-order chi connectivity index (χ0) is 13.5. The lowest BCUT2D eigenvalue weighted by atomic mass is 10.2. The molecule has 6 nitrogen and oxygen atoms in total. The van der Waals surface area contributed by atoms with Gasteiger partial charge in [-0.05, 0) is 30.2 Å². The molecule has 0 radical (unpaired) electrons. The number of rotatable bonds is 3. The van der Waals surface area contributed by atoms with Crippen molar-refractivity contribution >= 4 is 21.5 Å². The average molecular weight is 278 g/mol. The van der Waals surface area contributed by atoms with Gasteiger partial charge in [0.05, 0.1) is 4.90 Å². The Kier molecular flexibility index (Phi) is 2.70. The van der Waals surface area contributed by atoms with Crippen molar-refractivity contribution in [2.45, 2.75) is 11.3 Å². The van der Waals surface area contributed by atoms with E-state index in [0.29, 0.717) is 5.82 Å². The summed E-state index contributed by atoms with van der Waals surface area (Å²) >= 11 is 0. The van der Waals surface area contributed by atoms with Crippen molar-refractivity contribution in [3.8, 4) is 0 Å². The minimum Gasteiger partial charge on any atom is -0.384 e. The maximum Gasteiger partial charge on any atom is 0.263 e. The molecule has 1 aliphatic heterocycles. The van der Waals surface area contributed by atoms with E-state index in [1.165, 1.54) is 0 Å². The third kappa shape index (κ3) is 2.28. The lowest BCUT2D eigenvalue weighted by molar-refractivity contribution is 0.600. The van der Waals surface area contributed by atoms with E-state index in [-0.39, 0.29) is 4.90 Å². The first-order valence-electron chi connectivity index (χ1n) is 5.94. The van der Waals surface area contributed by atoms with Crippen LogP contribution in [0.1, 0.15) is 5.56 Å². The summed E-state index contributed by atoms with van der Waals surface area (Å²) in [6.45, 7) is 0.854. The van der Waals surface area contributed by atoms with Gasteiger partial charge in [-0.15, -0.1) is 0 Å². The minimum atomic E-state index is -3.58. The van der Waals surface area contributed by atoms with Crippen LogP contribution < -0.4 is 10.0 Å². The van der Waals surface area contributed by atoms with Gasteiger partial charge in [0.2, 0.25) is 0 Å². The molecule has 0 atom stereocenters. The highest BCUT2D eigenvalue weighted by Crippen LogP contribution is 2.25. The first-order chi connectivity index (χ1) is 9.04. The topological polar surface area (TPSA) is 76.0 Å². The molecule has 0 spiro atoms. The molecule has 1 aliphatic rings. The van der Waals surface area contributed by atoms with E-state index >= 15 is 0 Å². The van der Waals surface area contributed by atoms with E-state index in [1.54, 1.807) is 42.2 Å². The standard InChI is InChI=1S/C12H14N4O2S/c1-16-7-5-12(14-16)15-19(17,18)10-2-3-11-9(8-10)4-6-13-11/h2-3,5,7-8,13H,4,6H2,1H3,(H,14,15). The highest BCUT2D eigenvalue weighted by molar-refractivity contribution is 7.92. The number of hydrogen-bond donors (Lipinski definition) is 2. The van der Waals surface area contributed by atoms with Crippen molar-refractivity contribution in [3.05, 3.63) is 36.0 Å². The summed E-state index contributed by atoms with van der Waals surface area (Å²) < 4.78 is 28.5. The van der Waals surface area contributed by atoms with Crippen LogP contribution in [0.15, 0.2) is 35.4 Å². The lowest BCUT2D eigenvalue weighted by Gasteiger charge is -2.07. The number of sulfonamides is 1. The van der Waals surface area contributed by atoms with Gasteiger partial charge in [0.1, 0.15) is 0 Å². The minimum absolute atomic E-state index is 0.264. The number of hydrogen-bond acceptors (Lipinski definition) is 4. The monoisotopic (exact) mass is 278 g/mol. The Morgan fingerprint density at radius 2 is 2.21 bits per heavy atom. The molecule has 0 fully saturated rings. The second-order valence-corrected chi connectivity index (χ2v) is 6.16. The zero-order valence-corrected chi connectivity index (χ0v) is 11.2. The first kappa shape index (κ1) is 12.0. The van der Waals surface area contributed by atoms with Gasteiger partial charge in [0.15, 0.2) is 5.82 Å². The molecule has 2 heterocycles. The normalized spacial score (nSPS) is 13.9. The molecule has 7 heteroatoms. The van der Waals surface area contributed by atoms with Gasteiger partial charge in [0, 0.05) is 31.5 Å². The van der Waals surface area contributed by atoms with Gasteiger partial charge in [-0.1, -0.05) is 0 Å². The molecule has 2 aromatic rings. The predicted octanol–water partition coefficient (Wildman–Crippen LogP) is 1.19. The van der Waals surface area contributed by atoms with Crippen LogP contribution in [0.3, 0.4) is 0 Å². The van der Waals surface area contributed by atoms with Gasteiger partial charge < -0.3 is 5.32 Å². The summed E-state index contributed by atoms with van der Waals surface area (Å²) in [4.78, 5) is 0.264. The Bertz CT molecular complexity index is 721. The number of anilines is 2. The van der Waals surface area contributed by atoms with Gasteiger partial charge in [-0.2, -0.15) is 5.10 Å². The van der Waals surface area contributed by atoms with E-state index < -0.39 is 10.0 Å². The Hall–Kier alpha value is -2.02. The molecular formula is C12H14N4O2S. The lowest BCUT2D eigenvalue weighted by Crippen LogP contribution is -2.13. The Morgan fingerprint density at radius 3 is 2.95 bits per heavy atom. The summed E-state index contributed by atoms with van der Waals surface area (Å²) in [5, 5.41) is 7.21. The van der Waals surface area contributed by atoms with Crippen LogP contribution in [0.4, 0.5) is 11.5 Å². The maximum atomic E-state index is 12.2. The molecule has 0 aliphatic carbocycles. The maximum absolute atomic E-state index is 12.2. The molecule has 0 saturated carbocycles. The molecule has 1 aromatic carbocycles. The van der Waals surface area contributed by atoms with Crippen LogP contribution in [0.25, 0.3) is 0 Å². The zero-order valence-electron chi connectivity index (χ0n) is 10.4. The largest absolute Gasteiger partial charge is 0.384 e. The van der Waals surface area contributed by atoms with Crippen molar-refractivity contribution in [2.24, 2.45) is 7.05 Å². The average Bonchev–Trinajstić information content (AvgIpc) is 2.96. The second-order valence-electron chi connectivity index (χ2n) is 4.48.